The predicted molar refractivity (Wildman–Crippen MR) is 156 cm³/mol. The van der Waals surface area contributed by atoms with Crippen molar-refractivity contribution < 1.29 is 14.7 Å². The number of benzene rings is 3. The van der Waals surface area contributed by atoms with Crippen LogP contribution in [0, 0.1) is 6.92 Å². The number of anilines is 1. The van der Waals surface area contributed by atoms with Crippen LogP contribution < -0.4 is 4.90 Å². The second-order valence-corrected chi connectivity index (χ2v) is 12.3. The summed E-state index contributed by atoms with van der Waals surface area (Å²) in [6, 6.07) is 20.9. The van der Waals surface area contributed by atoms with E-state index in [2.05, 4.69) is 48.5 Å². The van der Waals surface area contributed by atoms with E-state index in [1.54, 1.807) is 0 Å². The van der Waals surface area contributed by atoms with Gasteiger partial charge in [-0.15, -0.1) is 0 Å². The Morgan fingerprint density at radius 1 is 0.816 bits per heavy atom. The van der Waals surface area contributed by atoms with Gasteiger partial charge in [-0.1, -0.05) is 97.0 Å². The van der Waals surface area contributed by atoms with Crippen molar-refractivity contribution in [3.63, 3.8) is 0 Å². The first-order valence-corrected chi connectivity index (χ1v) is 13.4. The summed E-state index contributed by atoms with van der Waals surface area (Å²) >= 11 is 0. The minimum Gasteiger partial charge on any atom is -0.507 e. The summed E-state index contributed by atoms with van der Waals surface area (Å²) < 4.78 is 0. The first kappa shape index (κ1) is 27.4. The molecule has 38 heavy (non-hydrogen) atoms. The molecule has 4 nitrogen and oxygen atoms in total. The number of Topliss-reactive ketones (excluding diaryl/α,β-unsaturated/α-hetero) is 1. The van der Waals surface area contributed by atoms with E-state index < -0.39 is 17.7 Å². The van der Waals surface area contributed by atoms with Crippen LogP contribution in [0.25, 0.3) is 5.76 Å². The van der Waals surface area contributed by atoms with Gasteiger partial charge in [0, 0.05) is 11.3 Å². The van der Waals surface area contributed by atoms with Crippen LogP contribution in [-0.4, -0.2) is 16.8 Å². The number of aliphatic hydroxyl groups excluding tert-OH is 1. The van der Waals surface area contributed by atoms with Crippen molar-refractivity contribution in [2.24, 2.45) is 0 Å². The van der Waals surface area contributed by atoms with Crippen molar-refractivity contribution in [3.8, 4) is 0 Å². The molecule has 0 bridgehead atoms. The Hall–Kier alpha value is -3.66. The zero-order chi connectivity index (χ0) is 28.0. The normalized spacial score (nSPS) is 17.8. The highest BCUT2D eigenvalue weighted by molar-refractivity contribution is 6.51. The Morgan fingerprint density at radius 3 is 1.89 bits per heavy atom. The van der Waals surface area contributed by atoms with Crippen molar-refractivity contribution in [2.45, 2.75) is 78.7 Å². The van der Waals surface area contributed by atoms with Gasteiger partial charge in [0.25, 0.3) is 11.7 Å². The Balaban J connectivity index is 1.94. The lowest BCUT2D eigenvalue weighted by atomic mass is 9.84. The molecule has 1 unspecified atom stereocenters. The maximum atomic E-state index is 13.6. The number of aliphatic hydroxyl groups is 1. The van der Waals surface area contributed by atoms with Crippen LogP contribution >= 0.6 is 0 Å². The predicted octanol–water partition coefficient (Wildman–Crippen LogP) is 7.78. The largest absolute Gasteiger partial charge is 0.507 e. The zero-order valence-corrected chi connectivity index (χ0v) is 23.8. The van der Waals surface area contributed by atoms with E-state index in [0.29, 0.717) is 11.3 Å². The van der Waals surface area contributed by atoms with Crippen LogP contribution in [0.4, 0.5) is 5.69 Å². The third-order valence-corrected chi connectivity index (χ3v) is 7.52. The second kappa shape index (κ2) is 9.90. The summed E-state index contributed by atoms with van der Waals surface area (Å²) in [5, 5.41) is 11.7. The second-order valence-electron chi connectivity index (χ2n) is 12.3. The average Bonchev–Trinajstić information content (AvgIpc) is 3.13. The summed E-state index contributed by atoms with van der Waals surface area (Å²) in [5.74, 6) is -1.44. The highest BCUT2D eigenvalue weighted by Gasteiger charge is 2.47. The van der Waals surface area contributed by atoms with E-state index in [0.717, 1.165) is 34.2 Å². The molecule has 0 radical (unpaired) electrons. The fraction of sp³-hybridized carbons (Fsp3) is 0.353. The van der Waals surface area contributed by atoms with Crippen LogP contribution in [0.5, 0.6) is 0 Å². The molecule has 1 aliphatic heterocycles. The molecule has 1 N–H and O–H groups in total. The van der Waals surface area contributed by atoms with Gasteiger partial charge in [-0.2, -0.15) is 0 Å². The SMILES string of the molecule is CCc1ccc(C2/C(=C(\O)c3cc(C(C)(C)C)ccc3C)C(=O)C(=O)N2c2ccc(C(C)(C)C)cc2)cc1. The van der Waals surface area contributed by atoms with Gasteiger partial charge in [0.2, 0.25) is 0 Å². The monoisotopic (exact) mass is 509 g/mol. The third-order valence-electron chi connectivity index (χ3n) is 7.52. The van der Waals surface area contributed by atoms with Crippen LogP contribution in [0.15, 0.2) is 72.3 Å². The number of carbonyl (C=O) groups excluding carboxylic acids is 2. The van der Waals surface area contributed by atoms with E-state index in [-0.39, 0.29) is 22.2 Å². The molecule has 1 saturated heterocycles. The van der Waals surface area contributed by atoms with Gasteiger partial charge < -0.3 is 5.11 Å². The Labute approximate surface area is 227 Å². The molecule has 198 valence electrons. The molecular weight excluding hydrogens is 470 g/mol. The van der Waals surface area contributed by atoms with Gasteiger partial charge in [0.1, 0.15) is 5.76 Å². The topological polar surface area (TPSA) is 57.6 Å². The van der Waals surface area contributed by atoms with E-state index in [1.807, 2.05) is 73.7 Å². The Morgan fingerprint density at radius 2 is 1.37 bits per heavy atom. The minimum absolute atomic E-state index is 0.0440. The van der Waals surface area contributed by atoms with Crippen LogP contribution in [0.3, 0.4) is 0 Å². The van der Waals surface area contributed by atoms with Crippen LogP contribution in [0.1, 0.15) is 87.9 Å². The molecule has 1 aliphatic rings. The molecule has 4 heteroatoms. The molecule has 4 rings (SSSR count). The van der Waals surface area contributed by atoms with Crippen molar-refractivity contribution in [2.75, 3.05) is 4.90 Å². The quantitative estimate of drug-likeness (QED) is 0.222. The lowest BCUT2D eigenvalue weighted by molar-refractivity contribution is -0.132. The van der Waals surface area contributed by atoms with Gasteiger partial charge in [-0.05, 0) is 70.2 Å². The number of amides is 1. The van der Waals surface area contributed by atoms with Gasteiger partial charge in [-0.3, -0.25) is 14.5 Å². The lowest BCUT2D eigenvalue weighted by Gasteiger charge is -2.27. The van der Waals surface area contributed by atoms with Gasteiger partial charge >= 0.3 is 0 Å². The number of carbonyl (C=O) groups is 2. The third kappa shape index (κ3) is 5.05. The summed E-state index contributed by atoms with van der Waals surface area (Å²) in [4.78, 5) is 28.7. The van der Waals surface area contributed by atoms with Gasteiger partial charge in [0.05, 0.1) is 11.6 Å². The average molecular weight is 510 g/mol. The lowest BCUT2D eigenvalue weighted by Crippen LogP contribution is -2.29. The van der Waals surface area contributed by atoms with E-state index in [4.69, 9.17) is 0 Å². The molecule has 0 spiro atoms. The first-order chi connectivity index (χ1) is 17.7. The fourth-order valence-corrected chi connectivity index (χ4v) is 4.96. The minimum atomic E-state index is -0.737. The van der Waals surface area contributed by atoms with Crippen molar-refractivity contribution in [1.29, 1.82) is 0 Å². The van der Waals surface area contributed by atoms with E-state index in [9.17, 15) is 14.7 Å². The van der Waals surface area contributed by atoms with Crippen LogP contribution in [0.2, 0.25) is 0 Å². The van der Waals surface area contributed by atoms with E-state index in [1.165, 1.54) is 4.90 Å². The smallest absolute Gasteiger partial charge is 0.300 e. The maximum absolute atomic E-state index is 13.6. The van der Waals surface area contributed by atoms with Gasteiger partial charge in [0.15, 0.2) is 0 Å². The summed E-state index contributed by atoms with van der Waals surface area (Å²) in [6.45, 7) is 16.7. The van der Waals surface area contributed by atoms with E-state index >= 15 is 0 Å². The number of ketones is 1. The van der Waals surface area contributed by atoms with Crippen LogP contribution in [-0.2, 0) is 26.8 Å². The number of hydrogen-bond acceptors (Lipinski definition) is 3. The molecule has 0 aromatic heterocycles. The number of aryl methyl sites for hydroxylation is 2. The number of nitrogens with zero attached hydrogens (tertiary/aromatic N) is 1. The molecule has 1 atom stereocenters. The molecule has 0 saturated carbocycles. The highest BCUT2D eigenvalue weighted by atomic mass is 16.3. The summed E-state index contributed by atoms with van der Waals surface area (Å²) in [5.41, 5.74) is 6.11. The Kier molecular flexibility index (Phi) is 7.13. The molecule has 1 heterocycles. The first-order valence-electron chi connectivity index (χ1n) is 13.4. The van der Waals surface area contributed by atoms with Crippen molar-refractivity contribution >= 4 is 23.1 Å². The highest BCUT2D eigenvalue weighted by Crippen LogP contribution is 2.43. The maximum Gasteiger partial charge on any atom is 0.300 e. The molecule has 0 aliphatic carbocycles. The summed E-state index contributed by atoms with van der Waals surface area (Å²) in [7, 11) is 0. The van der Waals surface area contributed by atoms with Crippen molar-refractivity contribution in [1.82, 2.24) is 0 Å². The number of rotatable bonds is 4. The standard InChI is InChI=1S/C34H39NO3/c1-9-22-11-13-23(14-12-22)29-28(30(36)27-20-25(34(6,7)8)15-10-21(27)2)31(37)32(38)35(29)26-18-16-24(17-19-26)33(3,4)5/h10-20,29,36H,9H2,1-8H3/b30-28+. The molecular formula is C34H39NO3. The molecule has 3 aromatic carbocycles. The molecule has 1 fully saturated rings. The van der Waals surface area contributed by atoms with Gasteiger partial charge in [-0.25, -0.2) is 0 Å². The fourth-order valence-electron chi connectivity index (χ4n) is 4.96. The zero-order valence-electron chi connectivity index (χ0n) is 23.8. The number of hydrogen-bond donors (Lipinski definition) is 1. The molecule has 1 amide bonds. The Bertz CT molecular complexity index is 1400. The summed E-state index contributed by atoms with van der Waals surface area (Å²) in [6.07, 6.45) is 0.882. The van der Waals surface area contributed by atoms with Crippen molar-refractivity contribution in [3.05, 3.63) is 106 Å². The molecule has 3 aromatic rings.